The Morgan fingerprint density at radius 1 is 1.44 bits per heavy atom. The number of ketones is 1. The maximum absolute atomic E-state index is 12.0. The second kappa shape index (κ2) is 6.11. The lowest BCUT2D eigenvalue weighted by Gasteiger charge is -2.22. The SMILES string of the molecule is C.Cc1nc(C(C(=O)C(C)C)N(C)C)cs1. The van der Waals surface area contributed by atoms with Gasteiger partial charge in [0.2, 0.25) is 0 Å². The third kappa shape index (κ3) is 3.39. The van der Waals surface area contributed by atoms with Crippen molar-refractivity contribution in [3.8, 4) is 0 Å². The highest BCUT2D eigenvalue weighted by atomic mass is 32.1. The van der Waals surface area contributed by atoms with Crippen LogP contribution in [0.3, 0.4) is 0 Å². The van der Waals surface area contributed by atoms with E-state index in [4.69, 9.17) is 0 Å². The molecule has 0 aliphatic heterocycles. The third-order valence-corrected chi connectivity index (χ3v) is 3.06. The fourth-order valence-corrected chi connectivity index (χ4v) is 2.12. The molecule has 1 atom stereocenters. The van der Waals surface area contributed by atoms with Crippen molar-refractivity contribution < 1.29 is 4.79 Å². The number of Topliss-reactive ketones (excluding diaryl/α,β-unsaturated/α-hetero) is 1. The van der Waals surface area contributed by atoms with Gasteiger partial charge in [-0.3, -0.25) is 9.69 Å². The van der Waals surface area contributed by atoms with Crippen LogP contribution in [-0.2, 0) is 4.79 Å². The fourth-order valence-electron chi connectivity index (χ4n) is 1.49. The monoisotopic (exact) mass is 242 g/mol. The van der Waals surface area contributed by atoms with Crippen LogP contribution in [-0.4, -0.2) is 29.8 Å². The number of aromatic nitrogens is 1. The lowest BCUT2D eigenvalue weighted by atomic mass is 9.99. The Labute approximate surface area is 103 Å². The first-order valence-electron chi connectivity index (χ1n) is 5.05. The van der Waals surface area contributed by atoms with Crippen LogP contribution in [0.15, 0.2) is 5.38 Å². The Balaban J connectivity index is 0.00000225. The van der Waals surface area contributed by atoms with E-state index < -0.39 is 0 Å². The van der Waals surface area contributed by atoms with Gasteiger partial charge < -0.3 is 0 Å². The summed E-state index contributed by atoms with van der Waals surface area (Å²) in [6, 6.07) is -0.199. The molecule has 16 heavy (non-hydrogen) atoms. The van der Waals surface area contributed by atoms with Gasteiger partial charge in [-0.05, 0) is 21.0 Å². The molecule has 0 radical (unpaired) electrons. The molecular weight excluding hydrogens is 220 g/mol. The van der Waals surface area contributed by atoms with Crippen molar-refractivity contribution in [3.63, 3.8) is 0 Å². The van der Waals surface area contributed by atoms with Gasteiger partial charge in [0.15, 0.2) is 5.78 Å². The largest absolute Gasteiger partial charge is 0.297 e. The van der Waals surface area contributed by atoms with Crippen molar-refractivity contribution in [3.05, 3.63) is 16.1 Å². The summed E-state index contributed by atoms with van der Waals surface area (Å²) in [5, 5.41) is 2.98. The van der Waals surface area contributed by atoms with Gasteiger partial charge in [-0.15, -0.1) is 11.3 Å². The summed E-state index contributed by atoms with van der Waals surface area (Å²) in [5.74, 6) is 0.268. The van der Waals surface area contributed by atoms with Gasteiger partial charge in [0, 0.05) is 11.3 Å². The van der Waals surface area contributed by atoms with Crippen LogP contribution in [0.2, 0.25) is 0 Å². The highest BCUT2D eigenvalue weighted by Crippen LogP contribution is 2.23. The second-order valence-corrected chi connectivity index (χ2v) is 5.28. The Morgan fingerprint density at radius 2 is 2.00 bits per heavy atom. The first-order chi connectivity index (χ1) is 6.93. The quantitative estimate of drug-likeness (QED) is 0.814. The molecule has 0 amide bonds. The molecule has 3 nitrogen and oxygen atoms in total. The van der Waals surface area contributed by atoms with Crippen molar-refractivity contribution in [2.24, 2.45) is 5.92 Å². The van der Waals surface area contributed by atoms with E-state index in [-0.39, 0.29) is 25.2 Å². The summed E-state index contributed by atoms with van der Waals surface area (Å²) in [7, 11) is 3.83. The van der Waals surface area contributed by atoms with Crippen LogP contribution in [0.25, 0.3) is 0 Å². The van der Waals surface area contributed by atoms with Gasteiger partial charge in [0.1, 0.15) is 6.04 Å². The molecule has 0 N–H and O–H groups in total. The first-order valence-corrected chi connectivity index (χ1v) is 5.93. The minimum atomic E-state index is -0.199. The van der Waals surface area contributed by atoms with Gasteiger partial charge >= 0.3 is 0 Å². The molecule has 0 aromatic carbocycles. The zero-order valence-corrected chi connectivity index (χ0v) is 10.8. The smallest absolute Gasteiger partial charge is 0.158 e. The molecule has 4 heteroatoms. The standard InChI is InChI=1S/C11H18N2OS.CH4/c1-7(2)11(14)10(13(4)5)9-6-15-8(3)12-9;/h6-7,10H,1-5H3;1H4. The Kier molecular flexibility index (Phi) is 5.83. The summed E-state index contributed by atoms with van der Waals surface area (Å²) in [5.41, 5.74) is 0.876. The molecule has 1 unspecified atom stereocenters. The van der Waals surface area contributed by atoms with E-state index in [1.165, 1.54) is 0 Å². The predicted octanol–water partition coefficient (Wildman–Crippen LogP) is 2.92. The number of thiazole rings is 1. The molecule has 1 heterocycles. The van der Waals surface area contributed by atoms with Crippen molar-refractivity contribution in [2.45, 2.75) is 34.2 Å². The Bertz CT molecular complexity index is 345. The predicted molar refractivity (Wildman–Crippen MR) is 69.9 cm³/mol. The minimum Gasteiger partial charge on any atom is -0.297 e. The molecule has 0 saturated carbocycles. The summed E-state index contributed by atoms with van der Waals surface area (Å²) < 4.78 is 0. The maximum Gasteiger partial charge on any atom is 0.158 e. The van der Waals surface area contributed by atoms with Crippen molar-refractivity contribution in [1.29, 1.82) is 0 Å². The van der Waals surface area contributed by atoms with Crippen LogP contribution in [0.5, 0.6) is 0 Å². The topological polar surface area (TPSA) is 33.2 Å². The summed E-state index contributed by atoms with van der Waals surface area (Å²) >= 11 is 1.59. The molecule has 0 saturated heterocycles. The zero-order chi connectivity index (χ0) is 11.6. The molecule has 0 aliphatic carbocycles. The average Bonchev–Trinajstić information content (AvgIpc) is 2.51. The highest BCUT2D eigenvalue weighted by molar-refractivity contribution is 7.09. The van der Waals surface area contributed by atoms with E-state index in [2.05, 4.69) is 4.98 Å². The average molecular weight is 242 g/mol. The number of hydrogen-bond donors (Lipinski definition) is 0. The highest BCUT2D eigenvalue weighted by Gasteiger charge is 2.26. The van der Waals surface area contributed by atoms with Crippen molar-refractivity contribution in [2.75, 3.05) is 14.1 Å². The number of rotatable bonds is 4. The summed E-state index contributed by atoms with van der Waals surface area (Å²) in [6.45, 7) is 5.82. The maximum atomic E-state index is 12.0. The van der Waals surface area contributed by atoms with E-state index >= 15 is 0 Å². The molecule has 1 rings (SSSR count). The molecule has 0 bridgehead atoms. The number of nitrogens with zero attached hydrogens (tertiary/aromatic N) is 2. The minimum absolute atomic E-state index is 0. The van der Waals surface area contributed by atoms with Gasteiger partial charge in [-0.1, -0.05) is 21.3 Å². The molecule has 1 aromatic rings. The number of carbonyl (C=O) groups excluding carboxylic acids is 1. The second-order valence-electron chi connectivity index (χ2n) is 4.21. The van der Waals surface area contributed by atoms with E-state index in [1.807, 2.05) is 45.1 Å². The number of likely N-dealkylation sites (N-methyl/N-ethyl adjacent to an activating group) is 1. The van der Waals surface area contributed by atoms with Crippen LogP contribution in [0.1, 0.15) is 38.0 Å². The number of carbonyl (C=O) groups is 1. The molecule has 0 aliphatic rings. The van der Waals surface area contributed by atoms with Crippen LogP contribution < -0.4 is 0 Å². The molecule has 92 valence electrons. The van der Waals surface area contributed by atoms with Crippen LogP contribution in [0, 0.1) is 12.8 Å². The summed E-state index contributed by atoms with van der Waals surface area (Å²) in [4.78, 5) is 18.3. The molecule has 1 aromatic heterocycles. The van der Waals surface area contributed by atoms with E-state index in [0.717, 1.165) is 10.7 Å². The number of hydrogen-bond acceptors (Lipinski definition) is 4. The van der Waals surface area contributed by atoms with Crippen molar-refractivity contribution in [1.82, 2.24) is 9.88 Å². The van der Waals surface area contributed by atoms with Gasteiger partial charge in [-0.2, -0.15) is 0 Å². The zero-order valence-electron chi connectivity index (χ0n) is 9.94. The number of aryl methyl sites for hydroxylation is 1. The van der Waals surface area contributed by atoms with Crippen LogP contribution >= 0.6 is 11.3 Å². The van der Waals surface area contributed by atoms with Crippen LogP contribution in [0.4, 0.5) is 0 Å². The first kappa shape index (κ1) is 15.3. The van der Waals surface area contributed by atoms with Gasteiger partial charge in [0.05, 0.1) is 10.7 Å². The Hall–Kier alpha value is -0.740. The van der Waals surface area contributed by atoms with Gasteiger partial charge in [0.25, 0.3) is 0 Å². The van der Waals surface area contributed by atoms with Gasteiger partial charge in [-0.25, -0.2) is 4.98 Å². The third-order valence-electron chi connectivity index (χ3n) is 2.27. The molecule has 0 fully saturated rings. The molecule has 0 spiro atoms. The van der Waals surface area contributed by atoms with E-state index in [9.17, 15) is 4.79 Å². The Morgan fingerprint density at radius 3 is 2.31 bits per heavy atom. The van der Waals surface area contributed by atoms with Crippen molar-refractivity contribution >= 4 is 17.1 Å². The van der Waals surface area contributed by atoms with E-state index in [0.29, 0.717) is 0 Å². The fraction of sp³-hybridized carbons (Fsp3) is 0.667. The lowest BCUT2D eigenvalue weighted by Crippen LogP contribution is -2.30. The normalized spacial score (nSPS) is 12.7. The van der Waals surface area contributed by atoms with E-state index in [1.54, 1.807) is 11.3 Å². The molecular formula is C12H22N2OS. The lowest BCUT2D eigenvalue weighted by molar-refractivity contribution is -0.126. The summed E-state index contributed by atoms with van der Waals surface area (Å²) in [6.07, 6.45) is 0.